The van der Waals surface area contributed by atoms with E-state index in [2.05, 4.69) is 32.1 Å². The van der Waals surface area contributed by atoms with E-state index in [9.17, 15) is 4.79 Å². The number of methoxy groups -OCH3 is 1. The summed E-state index contributed by atoms with van der Waals surface area (Å²) >= 11 is 0. The number of Topliss-reactive ketones (excluding diaryl/α,β-unsaturated/α-hetero) is 1. The van der Waals surface area contributed by atoms with Crippen LogP contribution in [0.1, 0.15) is 42.0 Å². The molecule has 166 valence electrons. The highest BCUT2D eigenvalue weighted by molar-refractivity contribution is 5.98. The van der Waals surface area contributed by atoms with Gasteiger partial charge in [0.2, 0.25) is 11.9 Å². The molecule has 0 spiro atoms. The Morgan fingerprint density at radius 1 is 1.06 bits per heavy atom. The zero-order valence-corrected chi connectivity index (χ0v) is 18.4. The summed E-state index contributed by atoms with van der Waals surface area (Å²) in [5.74, 6) is 2.20. The first-order valence-corrected chi connectivity index (χ1v) is 10.8. The summed E-state index contributed by atoms with van der Waals surface area (Å²) in [6.45, 7) is 3.65. The van der Waals surface area contributed by atoms with Gasteiger partial charge < -0.3 is 15.8 Å². The van der Waals surface area contributed by atoms with Gasteiger partial charge in [-0.1, -0.05) is 18.2 Å². The van der Waals surface area contributed by atoms with Crippen LogP contribution < -0.4 is 15.8 Å². The number of carbonyl (C=O) groups is 1. The minimum absolute atomic E-state index is 0.0191. The van der Waals surface area contributed by atoms with Crippen LogP contribution in [0.3, 0.4) is 0 Å². The largest absolute Gasteiger partial charge is 0.497 e. The van der Waals surface area contributed by atoms with Gasteiger partial charge in [0.25, 0.3) is 0 Å². The number of ketones is 1. The SMILES string of the molecule is COc1ccc(C(=O)C2CCN(C(C)c3nc(N)nc(Nc4ccccc4)n3)CC2)cc1. The summed E-state index contributed by atoms with van der Waals surface area (Å²) in [5.41, 5.74) is 7.57. The van der Waals surface area contributed by atoms with Crippen molar-refractivity contribution in [1.82, 2.24) is 19.9 Å². The quantitative estimate of drug-likeness (QED) is 0.542. The van der Waals surface area contributed by atoms with Gasteiger partial charge in [-0.3, -0.25) is 9.69 Å². The summed E-state index contributed by atoms with van der Waals surface area (Å²) in [7, 11) is 1.62. The number of carbonyl (C=O) groups excluding carboxylic acids is 1. The van der Waals surface area contributed by atoms with Crippen LogP contribution in [0.15, 0.2) is 54.6 Å². The van der Waals surface area contributed by atoms with Crippen LogP contribution in [0, 0.1) is 5.92 Å². The first kappa shape index (κ1) is 21.7. The Bertz CT molecular complexity index is 1050. The van der Waals surface area contributed by atoms with E-state index in [1.165, 1.54) is 0 Å². The maximum Gasteiger partial charge on any atom is 0.232 e. The number of hydrogen-bond acceptors (Lipinski definition) is 8. The minimum atomic E-state index is -0.0336. The van der Waals surface area contributed by atoms with Gasteiger partial charge in [-0.25, -0.2) is 0 Å². The average Bonchev–Trinajstić information content (AvgIpc) is 2.83. The van der Waals surface area contributed by atoms with Crippen LogP contribution in [0.25, 0.3) is 0 Å². The standard InChI is InChI=1S/C24H28N6O2/c1-16(22-27-23(25)29-24(28-22)26-19-6-4-3-5-7-19)30-14-12-18(13-15-30)21(31)17-8-10-20(32-2)11-9-17/h3-11,16,18H,12-15H2,1-2H3,(H3,25,26,27,28,29). The average molecular weight is 433 g/mol. The first-order chi connectivity index (χ1) is 15.5. The van der Waals surface area contributed by atoms with Crippen LogP contribution >= 0.6 is 0 Å². The lowest BCUT2D eigenvalue weighted by Crippen LogP contribution is -2.38. The molecule has 2 aromatic carbocycles. The molecule has 1 aliphatic rings. The number of nitrogens with one attached hydrogen (secondary N) is 1. The lowest BCUT2D eigenvalue weighted by molar-refractivity contribution is 0.0796. The molecule has 1 aliphatic heterocycles. The fraction of sp³-hybridized carbons (Fsp3) is 0.333. The number of anilines is 3. The first-order valence-electron chi connectivity index (χ1n) is 10.8. The second kappa shape index (κ2) is 9.74. The van der Waals surface area contributed by atoms with E-state index in [0.29, 0.717) is 11.8 Å². The highest BCUT2D eigenvalue weighted by Gasteiger charge is 2.29. The van der Waals surface area contributed by atoms with Gasteiger partial charge >= 0.3 is 0 Å². The van der Waals surface area contributed by atoms with Crippen molar-refractivity contribution in [3.63, 3.8) is 0 Å². The Balaban J connectivity index is 1.39. The summed E-state index contributed by atoms with van der Waals surface area (Å²) < 4.78 is 5.18. The number of nitrogen functional groups attached to an aromatic ring is 1. The van der Waals surface area contributed by atoms with E-state index in [4.69, 9.17) is 10.5 Å². The highest BCUT2D eigenvalue weighted by atomic mass is 16.5. The van der Waals surface area contributed by atoms with E-state index in [1.807, 2.05) is 54.6 Å². The van der Waals surface area contributed by atoms with Crippen LogP contribution in [-0.4, -0.2) is 45.8 Å². The van der Waals surface area contributed by atoms with Crippen molar-refractivity contribution in [2.75, 3.05) is 31.2 Å². The van der Waals surface area contributed by atoms with Gasteiger partial charge in [0.05, 0.1) is 13.2 Å². The number of ether oxygens (including phenoxy) is 1. The normalized spacial score (nSPS) is 15.8. The van der Waals surface area contributed by atoms with E-state index in [-0.39, 0.29) is 23.7 Å². The Kier molecular flexibility index (Phi) is 6.61. The lowest BCUT2D eigenvalue weighted by atomic mass is 9.88. The van der Waals surface area contributed by atoms with Crippen molar-refractivity contribution in [2.24, 2.45) is 5.92 Å². The Morgan fingerprint density at radius 3 is 2.41 bits per heavy atom. The van der Waals surface area contributed by atoms with Crippen molar-refractivity contribution in [1.29, 1.82) is 0 Å². The van der Waals surface area contributed by atoms with Gasteiger partial charge in [0, 0.05) is 17.2 Å². The van der Waals surface area contributed by atoms with E-state index in [0.717, 1.165) is 42.9 Å². The monoisotopic (exact) mass is 432 g/mol. The number of likely N-dealkylation sites (tertiary alicyclic amines) is 1. The van der Waals surface area contributed by atoms with Gasteiger partial charge in [0.1, 0.15) is 5.75 Å². The zero-order chi connectivity index (χ0) is 22.5. The van der Waals surface area contributed by atoms with E-state index < -0.39 is 0 Å². The second-order valence-electron chi connectivity index (χ2n) is 7.95. The van der Waals surface area contributed by atoms with Gasteiger partial charge in [0.15, 0.2) is 11.6 Å². The van der Waals surface area contributed by atoms with Crippen molar-refractivity contribution in [3.05, 3.63) is 66.0 Å². The molecule has 1 atom stereocenters. The molecule has 0 amide bonds. The van der Waals surface area contributed by atoms with Crippen molar-refractivity contribution < 1.29 is 9.53 Å². The van der Waals surface area contributed by atoms with Crippen LogP contribution in [-0.2, 0) is 0 Å². The zero-order valence-electron chi connectivity index (χ0n) is 18.4. The summed E-state index contributed by atoms with van der Waals surface area (Å²) in [5, 5.41) is 3.18. The van der Waals surface area contributed by atoms with Crippen molar-refractivity contribution >= 4 is 23.4 Å². The van der Waals surface area contributed by atoms with Gasteiger partial charge in [-0.2, -0.15) is 15.0 Å². The smallest absolute Gasteiger partial charge is 0.232 e. The molecule has 1 aromatic heterocycles. The molecule has 1 unspecified atom stereocenters. The predicted octanol–water partition coefficient (Wildman–Crippen LogP) is 3.86. The predicted molar refractivity (Wildman–Crippen MR) is 124 cm³/mol. The number of nitrogens with zero attached hydrogens (tertiary/aromatic N) is 4. The number of nitrogens with two attached hydrogens (primary N) is 1. The molecule has 8 nitrogen and oxygen atoms in total. The molecule has 0 aliphatic carbocycles. The summed E-state index contributed by atoms with van der Waals surface area (Å²) in [6.07, 6.45) is 1.59. The Hall–Kier alpha value is -3.52. The fourth-order valence-electron chi connectivity index (χ4n) is 4.01. The molecule has 0 bridgehead atoms. The maximum atomic E-state index is 12.9. The molecule has 1 fully saturated rings. The van der Waals surface area contributed by atoms with Crippen molar-refractivity contribution in [2.45, 2.75) is 25.8 Å². The molecular formula is C24H28N6O2. The molecule has 0 radical (unpaired) electrons. The second-order valence-corrected chi connectivity index (χ2v) is 7.95. The third-order valence-corrected chi connectivity index (χ3v) is 5.90. The number of piperidine rings is 1. The minimum Gasteiger partial charge on any atom is -0.497 e. The fourth-order valence-corrected chi connectivity index (χ4v) is 4.01. The number of para-hydroxylation sites is 1. The molecule has 2 heterocycles. The maximum absolute atomic E-state index is 12.9. The van der Waals surface area contributed by atoms with E-state index >= 15 is 0 Å². The number of hydrogen-bond donors (Lipinski definition) is 2. The van der Waals surface area contributed by atoms with Crippen molar-refractivity contribution in [3.8, 4) is 5.75 Å². The third kappa shape index (κ3) is 5.03. The molecule has 32 heavy (non-hydrogen) atoms. The molecular weight excluding hydrogens is 404 g/mol. The van der Waals surface area contributed by atoms with Gasteiger partial charge in [-0.05, 0) is 69.3 Å². The topological polar surface area (TPSA) is 106 Å². The van der Waals surface area contributed by atoms with Gasteiger partial charge in [-0.15, -0.1) is 0 Å². The molecule has 4 rings (SSSR count). The van der Waals surface area contributed by atoms with Crippen LogP contribution in [0.4, 0.5) is 17.6 Å². The summed E-state index contributed by atoms with van der Waals surface area (Å²) in [4.78, 5) is 28.3. The number of rotatable bonds is 7. The molecule has 3 N–H and O–H groups in total. The Morgan fingerprint density at radius 2 is 1.75 bits per heavy atom. The van der Waals surface area contributed by atoms with E-state index in [1.54, 1.807) is 7.11 Å². The molecule has 1 saturated heterocycles. The van der Waals surface area contributed by atoms with Crippen LogP contribution in [0.5, 0.6) is 5.75 Å². The molecule has 0 saturated carbocycles. The molecule has 8 heteroatoms. The highest BCUT2D eigenvalue weighted by Crippen LogP contribution is 2.28. The number of aromatic nitrogens is 3. The van der Waals surface area contributed by atoms with Crippen LogP contribution in [0.2, 0.25) is 0 Å². The molecule has 3 aromatic rings. The third-order valence-electron chi connectivity index (χ3n) is 5.90. The summed E-state index contributed by atoms with van der Waals surface area (Å²) in [6, 6.07) is 17.0. The number of benzene rings is 2. The Labute approximate surface area is 187 Å². The lowest BCUT2D eigenvalue weighted by Gasteiger charge is -2.34.